The number of carbonyl (C=O) groups excluding carboxylic acids is 1. The smallest absolute Gasteiger partial charge is 0.466 e. The summed E-state index contributed by atoms with van der Waals surface area (Å²) in [7, 11) is 0. The van der Waals surface area contributed by atoms with Crippen molar-refractivity contribution in [1.29, 1.82) is 0 Å². The number of esters is 1. The molecule has 0 aliphatic carbocycles. The van der Waals surface area contributed by atoms with Gasteiger partial charge in [0.05, 0.1) is 30.1 Å². The van der Waals surface area contributed by atoms with Crippen LogP contribution in [0.4, 0.5) is 18.9 Å². The Kier molecular flexibility index (Phi) is 5.14. The molecule has 1 heterocycles. The Hall–Kier alpha value is -2.03. The van der Waals surface area contributed by atoms with E-state index in [4.69, 9.17) is 11.5 Å². The van der Waals surface area contributed by atoms with Crippen molar-refractivity contribution in [3.63, 3.8) is 0 Å². The lowest BCUT2D eigenvalue weighted by Gasteiger charge is -2.14. The summed E-state index contributed by atoms with van der Waals surface area (Å²) in [4.78, 5) is 15.2. The number of alkyl halides is 3. The summed E-state index contributed by atoms with van der Waals surface area (Å²) in [5.74, 6) is -1.36. The van der Waals surface area contributed by atoms with Crippen LogP contribution in [0.15, 0.2) is 6.07 Å². The van der Waals surface area contributed by atoms with E-state index in [2.05, 4.69) is 14.5 Å². The molecular formula is C11H14F3N3O3. The molecule has 112 valence electrons. The second-order valence-electron chi connectivity index (χ2n) is 3.70. The Morgan fingerprint density at radius 2 is 2.05 bits per heavy atom. The first-order valence-corrected chi connectivity index (χ1v) is 5.66. The number of rotatable bonds is 5. The Labute approximate surface area is 112 Å². The quantitative estimate of drug-likeness (QED) is 0.789. The van der Waals surface area contributed by atoms with Gasteiger partial charge in [0.15, 0.2) is 5.75 Å². The minimum atomic E-state index is -4.91. The monoisotopic (exact) mass is 293 g/mol. The van der Waals surface area contributed by atoms with Crippen molar-refractivity contribution < 1.29 is 27.4 Å². The van der Waals surface area contributed by atoms with E-state index >= 15 is 0 Å². The lowest BCUT2D eigenvalue weighted by Crippen LogP contribution is -2.21. The van der Waals surface area contributed by atoms with E-state index in [1.54, 1.807) is 6.92 Å². The molecule has 0 spiro atoms. The Balaban J connectivity index is 3.12. The number of pyridine rings is 1. The van der Waals surface area contributed by atoms with Crippen LogP contribution in [0.3, 0.4) is 0 Å². The predicted octanol–water partition coefficient (Wildman–Crippen LogP) is 1.13. The van der Waals surface area contributed by atoms with E-state index < -0.39 is 24.5 Å². The maximum atomic E-state index is 12.3. The molecule has 1 aromatic heterocycles. The molecule has 0 fully saturated rings. The molecule has 1 aromatic rings. The summed E-state index contributed by atoms with van der Waals surface area (Å²) in [6.45, 7) is 1.60. The van der Waals surface area contributed by atoms with Crippen LogP contribution in [0.5, 0.6) is 5.75 Å². The number of hydrogen-bond donors (Lipinski definition) is 2. The van der Waals surface area contributed by atoms with Crippen LogP contribution in [0, 0.1) is 0 Å². The molecule has 0 aliphatic heterocycles. The summed E-state index contributed by atoms with van der Waals surface area (Å²) < 4.78 is 45.3. The molecule has 0 atom stereocenters. The van der Waals surface area contributed by atoms with Crippen LogP contribution in [-0.2, 0) is 22.5 Å². The van der Waals surface area contributed by atoms with Crippen LogP contribution < -0.4 is 16.2 Å². The molecule has 1 rings (SSSR count). The highest BCUT2D eigenvalue weighted by Crippen LogP contribution is 2.29. The van der Waals surface area contributed by atoms with E-state index in [0.29, 0.717) is 0 Å². The SMILES string of the molecule is CCOC(=O)Cc1nc(CN)c(N)cc1OC(F)(F)F. The van der Waals surface area contributed by atoms with Gasteiger partial charge in [-0.3, -0.25) is 4.79 Å². The number of carbonyl (C=O) groups is 1. The van der Waals surface area contributed by atoms with Gasteiger partial charge in [0.1, 0.15) is 0 Å². The molecule has 9 heteroatoms. The largest absolute Gasteiger partial charge is 0.573 e. The molecule has 0 saturated heterocycles. The van der Waals surface area contributed by atoms with Gasteiger partial charge in [-0.15, -0.1) is 13.2 Å². The third-order valence-electron chi connectivity index (χ3n) is 2.21. The zero-order valence-electron chi connectivity index (χ0n) is 10.7. The third-order valence-corrected chi connectivity index (χ3v) is 2.21. The van der Waals surface area contributed by atoms with Gasteiger partial charge in [-0.25, -0.2) is 4.98 Å². The molecule has 0 saturated carbocycles. The molecule has 20 heavy (non-hydrogen) atoms. The zero-order valence-corrected chi connectivity index (χ0v) is 10.7. The maximum absolute atomic E-state index is 12.3. The highest BCUT2D eigenvalue weighted by atomic mass is 19.4. The van der Waals surface area contributed by atoms with Gasteiger partial charge in [-0.1, -0.05) is 0 Å². The van der Waals surface area contributed by atoms with E-state index in [1.807, 2.05) is 0 Å². The number of nitrogen functional groups attached to an aromatic ring is 1. The third kappa shape index (κ3) is 4.57. The van der Waals surface area contributed by atoms with Gasteiger partial charge in [0.2, 0.25) is 0 Å². The predicted molar refractivity (Wildman–Crippen MR) is 63.6 cm³/mol. The minimum absolute atomic E-state index is 0.0423. The number of halogens is 3. The topological polar surface area (TPSA) is 100 Å². The molecule has 4 N–H and O–H groups in total. The molecule has 0 amide bonds. The fraction of sp³-hybridized carbons (Fsp3) is 0.455. The molecule has 0 bridgehead atoms. The number of aromatic nitrogens is 1. The molecule has 0 unspecified atom stereocenters. The van der Waals surface area contributed by atoms with Gasteiger partial charge in [-0.2, -0.15) is 0 Å². The first-order chi connectivity index (χ1) is 9.26. The van der Waals surface area contributed by atoms with E-state index in [9.17, 15) is 18.0 Å². The van der Waals surface area contributed by atoms with E-state index in [-0.39, 0.29) is 30.2 Å². The zero-order chi connectivity index (χ0) is 15.3. The average Bonchev–Trinajstić information content (AvgIpc) is 2.30. The molecule has 0 radical (unpaired) electrons. The first-order valence-electron chi connectivity index (χ1n) is 5.66. The van der Waals surface area contributed by atoms with Gasteiger partial charge < -0.3 is 20.9 Å². The molecular weight excluding hydrogens is 279 g/mol. The van der Waals surface area contributed by atoms with Crippen molar-refractivity contribution in [3.05, 3.63) is 17.5 Å². The lowest BCUT2D eigenvalue weighted by molar-refractivity contribution is -0.275. The molecule has 0 aliphatic rings. The van der Waals surface area contributed by atoms with Crippen molar-refractivity contribution in [1.82, 2.24) is 4.98 Å². The molecule has 0 aromatic carbocycles. The van der Waals surface area contributed by atoms with Gasteiger partial charge in [0.25, 0.3) is 0 Å². The number of anilines is 1. The van der Waals surface area contributed by atoms with Crippen LogP contribution in [0.25, 0.3) is 0 Å². The Morgan fingerprint density at radius 1 is 1.40 bits per heavy atom. The van der Waals surface area contributed by atoms with Crippen LogP contribution in [0.2, 0.25) is 0 Å². The Bertz CT molecular complexity index is 492. The second kappa shape index (κ2) is 6.42. The lowest BCUT2D eigenvalue weighted by atomic mass is 10.2. The summed E-state index contributed by atoms with van der Waals surface area (Å²) in [6.07, 6.45) is -5.38. The number of hydrogen-bond acceptors (Lipinski definition) is 6. The van der Waals surface area contributed by atoms with Gasteiger partial charge in [0, 0.05) is 12.6 Å². The van der Waals surface area contributed by atoms with Gasteiger partial charge in [-0.05, 0) is 6.92 Å². The van der Waals surface area contributed by atoms with E-state index in [1.165, 1.54) is 0 Å². The van der Waals surface area contributed by atoms with Crippen molar-refractivity contribution in [3.8, 4) is 5.75 Å². The fourth-order valence-electron chi connectivity index (χ4n) is 1.44. The number of ether oxygens (including phenoxy) is 2. The van der Waals surface area contributed by atoms with Crippen LogP contribution in [0.1, 0.15) is 18.3 Å². The van der Waals surface area contributed by atoms with Crippen molar-refractivity contribution in [2.45, 2.75) is 26.3 Å². The summed E-state index contributed by atoms with van der Waals surface area (Å²) in [6, 6.07) is 0.942. The van der Waals surface area contributed by atoms with Crippen LogP contribution in [-0.4, -0.2) is 23.9 Å². The summed E-state index contributed by atoms with van der Waals surface area (Å²) >= 11 is 0. The second-order valence-corrected chi connectivity index (χ2v) is 3.70. The first kappa shape index (κ1) is 16.0. The average molecular weight is 293 g/mol. The Morgan fingerprint density at radius 3 is 2.55 bits per heavy atom. The number of nitrogens with two attached hydrogens (primary N) is 2. The highest BCUT2D eigenvalue weighted by molar-refractivity contribution is 5.73. The highest BCUT2D eigenvalue weighted by Gasteiger charge is 2.33. The van der Waals surface area contributed by atoms with Crippen molar-refractivity contribution in [2.24, 2.45) is 5.73 Å². The van der Waals surface area contributed by atoms with Crippen LogP contribution >= 0.6 is 0 Å². The minimum Gasteiger partial charge on any atom is -0.466 e. The normalized spacial score (nSPS) is 11.2. The maximum Gasteiger partial charge on any atom is 0.573 e. The van der Waals surface area contributed by atoms with Gasteiger partial charge >= 0.3 is 12.3 Å². The standard InChI is InChI=1S/C11H14F3N3O3/c1-2-19-10(18)4-7-9(20-11(12,13)14)3-6(16)8(5-15)17-7/h3H,2,4-5,15-16H2,1H3. The van der Waals surface area contributed by atoms with Crippen molar-refractivity contribution in [2.75, 3.05) is 12.3 Å². The summed E-state index contributed by atoms with van der Waals surface area (Å²) in [5, 5.41) is 0. The van der Waals surface area contributed by atoms with Crippen molar-refractivity contribution >= 4 is 11.7 Å². The fourth-order valence-corrected chi connectivity index (χ4v) is 1.44. The summed E-state index contributed by atoms with van der Waals surface area (Å²) in [5.41, 5.74) is 10.8. The number of nitrogens with zero attached hydrogens (tertiary/aromatic N) is 1. The molecule has 6 nitrogen and oxygen atoms in total. The van der Waals surface area contributed by atoms with E-state index in [0.717, 1.165) is 6.07 Å².